The summed E-state index contributed by atoms with van der Waals surface area (Å²) in [4.78, 5) is 106. The van der Waals surface area contributed by atoms with E-state index >= 15 is 0 Å². The Morgan fingerprint density at radius 2 is 0.838 bits per heavy atom. The standard InChI is InChI=1S/C21H29N3O4Si.C20H27N3O4Si.C18H29N3O2Si.C18H27N3OSi.C9H7N3.C8H8BFO2.C6H10O2/c1-21(2,3)29(5,6)28-12-8-11-24-13-15(14-9-7-10-22-18(14)24)16-17(25)20(27)23(4)19(16)26;1-20(2,3)28(4,5)27-11-7-10-23-12-14(13-8-6-9-21-17(13)23)15-16(24)19(26)22-18(15)25;1-18(2,3)24(4,5)23-11-7-10-21-13-14(12-16(19)22)15-8-6-9-20-17(15)21;1-18(2,3)23(4,5)22-13-7-12-21-14-15(9-10-19)16-8-6-11-20-17(16)21;10-4-3-7-6-12-9-8(7)2-1-5-11-9;10-8-3-1-7(2-4-8)5-6-9(11)12;1-3-5(7)6(8)4-2/h7,9-10,13,25H,8,11-12H2,1-6H3;6,8-9,12H,7,10-11H2,1-5H3,(H2,22,24,25,26);6,8-9,13H,7,10-12H2,1-5H3,(H2,19,22);6,8,11,14H,7,9,12-13H2,1-5H3;1-2,5-6H,3H2,(H,11,12);1-6,11-12H;3-4H2,1-2H3/b;;;;;6-5+;. The van der Waals surface area contributed by atoms with Gasteiger partial charge in [0.2, 0.25) is 5.91 Å². The third kappa shape index (κ3) is 29.8. The van der Waals surface area contributed by atoms with Gasteiger partial charge in [-0.1, -0.05) is 121 Å². The first-order valence-corrected chi connectivity index (χ1v) is 57.4. The maximum atomic E-state index is 12.5. The minimum Gasteiger partial charge on any atom is -0.502 e. The van der Waals surface area contributed by atoms with Gasteiger partial charge in [-0.05, 0) is 193 Å². The molecule has 136 heavy (non-hydrogen) atoms. The van der Waals surface area contributed by atoms with Crippen molar-refractivity contribution < 1.29 is 75.9 Å². The van der Waals surface area contributed by atoms with Crippen molar-refractivity contribution in [2.24, 2.45) is 5.73 Å². The number of halogens is 1. The molecular formula is C100H137BFN15O15Si4. The normalized spacial score (nSPS) is 13.3. The van der Waals surface area contributed by atoms with Crippen LogP contribution in [0, 0.1) is 28.5 Å². The number of primary amides is 1. The van der Waals surface area contributed by atoms with Gasteiger partial charge in [-0.25, -0.2) is 29.3 Å². The van der Waals surface area contributed by atoms with E-state index in [4.69, 9.17) is 44.0 Å². The first-order chi connectivity index (χ1) is 63.7. The lowest BCUT2D eigenvalue weighted by Gasteiger charge is -2.36. The smallest absolute Gasteiger partial charge is 0.480 e. The number of benzene rings is 1. The SMILES string of the molecule is CC(C)(C)[Si](C)(C)OCCCn1cc(C2=C(O)C(=O)NC2=O)c2cccnc21.CC(C)(C)[Si](C)(C)OCCCn1cc(CC#N)c2cccnc21.CC(C)(C)[Si](C)(C)OCCCn1cc(CC(N)=O)c2cccnc21.CCC(=O)C(=O)CC.CN1C(=O)C(O)=C(c2cn(CCCO[Si](C)(C)C(C)(C)C)c3ncccc23)C1=O.N#CCc1c[nH]c2ncccc12.OB(O)/C=C/c1ccc(F)cc1. The van der Waals surface area contributed by atoms with Crippen molar-refractivity contribution in [1.82, 2.24) is 58.4 Å². The predicted molar refractivity (Wildman–Crippen MR) is 544 cm³/mol. The van der Waals surface area contributed by atoms with E-state index in [2.05, 4.69) is 198 Å². The summed E-state index contributed by atoms with van der Waals surface area (Å²) in [6.45, 7) is 54.0. The van der Waals surface area contributed by atoms with Gasteiger partial charge >= 0.3 is 7.12 Å². The van der Waals surface area contributed by atoms with E-state index in [1.54, 1.807) is 81.5 Å². The van der Waals surface area contributed by atoms with E-state index in [1.165, 1.54) is 31.2 Å². The van der Waals surface area contributed by atoms with E-state index in [0.29, 0.717) is 74.4 Å². The topological polar surface area (TPSA) is 426 Å². The molecule has 30 nitrogen and oxygen atoms in total. The minimum atomic E-state index is -1.80. The molecule has 0 bridgehead atoms. The highest BCUT2D eigenvalue weighted by atomic mass is 28.4. The van der Waals surface area contributed by atoms with Crippen molar-refractivity contribution in [2.45, 2.75) is 253 Å². The number of nitrogens with two attached hydrogens (primary N) is 1. The van der Waals surface area contributed by atoms with Gasteiger partial charge in [0.1, 0.15) is 34.1 Å². The molecule has 0 unspecified atom stereocenters. The zero-order chi connectivity index (χ0) is 101. The second kappa shape index (κ2) is 48.8. The lowest BCUT2D eigenvalue weighted by atomic mass is 9.91. The fourth-order valence-electron chi connectivity index (χ4n) is 13.4. The highest BCUT2D eigenvalue weighted by Gasteiger charge is 2.42. The third-order valence-corrected chi connectivity index (χ3v) is 43.5. The number of fused-ring (bicyclic) bond motifs is 5. The Balaban J connectivity index is 0.000000224. The highest BCUT2D eigenvalue weighted by Crippen LogP contribution is 2.41. The summed E-state index contributed by atoms with van der Waals surface area (Å²) >= 11 is 0. The second-order valence-corrected chi connectivity index (χ2v) is 58.6. The number of aryl methyl sites for hydroxylation is 4. The van der Waals surface area contributed by atoms with Crippen LogP contribution in [-0.4, -0.2) is 188 Å². The number of rotatable bonds is 31. The number of nitriles is 2. The first kappa shape index (κ1) is 111. The zero-order valence-electron chi connectivity index (χ0n) is 83.2. The van der Waals surface area contributed by atoms with E-state index in [1.807, 2.05) is 70.1 Å². The molecule has 8 N–H and O–H groups in total. The summed E-state index contributed by atoms with van der Waals surface area (Å²) in [6, 6.07) is 29.0. The fraction of sp³-hybridized carbons (Fsp3) is 0.440. The molecule has 13 rings (SSSR count). The molecule has 728 valence electrons. The van der Waals surface area contributed by atoms with Gasteiger partial charge < -0.3 is 67.0 Å². The Labute approximate surface area is 802 Å². The Kier molecular flexibility index (Phi) is 39.9. The van der Waals surface area contributed by atoms with Crippen LogP contribution in [0.5, 0.6) is 0 Å². The highest BCUT2D eigenvalue weighted by molar-refractivity contribution is 6.75. The molecule has 1 aromatic carbocycles. The van der Waals surface area contributed by atoms with Crippen LogP contribution in [0.3, 0.4) is 0 Å². The monoisotopic (exact) mass is 1930 g/mol. The molecule has 0 fully saturated rings. The van der Waals surface area contributed by atoms with Gasteiger partial charge in [-0.15, -0.1) is 0 Å². The summed E-state index contributed by atoms with van der Waals surface area (Å²) < 4.78 is 45.4. The number of aromatic nitrogens is 10. The minimum absolute atomic E-state index is 0.000673. The van der Waals surface area contributed by atoms with E-state index in [-0.39, 0.29) is 61.0 Å². The molecule has 0 atom stereocenters. The van der Waals surface area contributed by atoms with E-state index in [0.717, 1.165) is 123 Å². The van der Waals surface area contributed by atoms with Crippen molar-refractivity contribution in [3.8, 4) is 12.1 Å². The largest absolute Gasteiger partial charge is 0.502 e. The molecule has 0 saturated carbocycles. The molecular weight excluding hydrogens is 1790 g/mol. The summed E-state index contributed by atoms with van der Waals surface area (Å²) in [5, 5.41) is 62.2. The van der Waals surface area contributed by atoms with E-state index in [9.17, 15) is 48.2 Å². The van der Waals surface area contributed by atoms with Gasteiger partial charge in [-0.2, -0.15) is 10.5 Å². The van der Waals surface area contributed by atoms with Crippen molar-refractivity contribution in [3.05, 3.63) is 204 Å². The van der Waals surface area contributed by atoms with Crippen LogP contribution in [0.1, 0.15) is 169 Å². The molecule has 2 aliphatic rings. The van der Waals surface area contributed by atoms with Gasteiger partial charge in [0.25, 0.3) is 23.6 Å². The number of carbonyl (C=O) groups is 7. The van der Waals surface area contributed by atoms with Crippen LogP contribution in [0.15, 0.2) is 164 Å². The van der Waals surface area contributed by atoms with Gasteiger partial charge in [0.15, 0.2) is 56.4 Å². The molecule has 0 saturated heterocycles. The van der Waals surface area contributed by atoms with Crippen molar-refractivity contribution >= 4 is 154 Å². The lowest BCUT2D eigenvalue weighted by molar-refractivity contribution is -0.136. The van der Waals surface area contributed by atoms with Gasteiger partial charge in [0, 0.05) is 173 Å². The van der Waals surface area contributed by atoms with Crippen LogP contribution in [0.4, 0.5) is 4.39 Å². The number of aromatic amines is 1. The van der Waals surface area contributed by atoms with Crippen molar-refractivity contribution in [1.29, 1.82) is 10.5 Å². The Morgan fingerprint density at radius 3 is 1.19 bits per heavy atom. The number of ketones is 2. The molecule has 0 spiro atoms. The number of H-pyrrole nitrogens is 1. The Morgan fingerprint density at radius 1 is 0.485 bits per heavy atom. The molecule has 2 aliphatic heterocycles. The van der Waals surface area contributed by atoms with Crippen LogP contribution in [-0.2, 0) is 96.7 Å². The summed E-state index contributed by atoms with van der Waals surface area (Å²) in [5.74, 6) is -3.55. The summed E-state index contributed by atoms with van der Waals surface area (Å²) in [7, 11) is -7.06. The van der Waals surface area contributed by atoms with Crippen LogP contribution in [0.25, 0.3) is 72.4 Å². The van der Waals surface area contributed by atoms with Gasteiger partial charge in [-0.3, -0.25) is 43.8 Å². The van der Waals surface area contributed by atoms with E-state index < -0.39 is 75.5 Å². The summed E-state index contributed by atoms with van der Waals surface area (Å²) in [5.41, 5.74) is 14.3. The number of imide groups is 2. The number of nitrogens with zero attached hydrogens (tertiary/aromatic N) is 12. The van der Waals surface area contributed by atoms with Crippen LogP contribution >= 0.6 is 0 Å². The number of likely N-dealkylation sites (N-methyl/N-ethyl adjacent to an activating group) is 1. The Hall–Kier alpha value is -11.8. The van der Waals surface area contributed by atoms with Crippen LogP contribution < -0.4 is 11.1 Å². The average molecular weight is 1930 g/mol. The predicted octanol–water partition coefficient (Wildman–Crippen LogP) is 18.5. The molecule has 10 aromatic heterocycles. The van der Waals surface area contributed by atoms with Crippen molar-refractivity contribution in [3.63, 3.8) is 0 Å². The number of aliphatic hydroxyl groups is 2. The number of nitrogens with one attached hydrogen (secondary N) is 2. The fourth-order valence-corrected chi connectivity index (χ4v) is 17.7. The number of amides is 5. The molecule has 12 heterocycles. The maximum Gasteiger partial charge on any atom is 0.480 e. The number of aliphatic hydroxyl groups excluding tert-OH is 2. The quantitative estimate of drug-likeness (QED) is 0.00918. The first-order valence-electron chi connectivity index (χ1n) is 45.8. The second-order valence-electron chi connectivity index (χ2n) is 39.3. The number of pyridine rings is 5. The molecule has 36 heteroatoms. The third-order valence-electron chi connectivity index (χ3n) is 25.4. The number of hydrogen-bond acceptors (Lipinski definition) is 22. The number of hydrogen-bond donors (Lipinski definition) is 7. The number of carbonyl (C=O) groups excluding carboxylic acids is 7. The molecule has 0 aliphatic carbocycles. The molecule has 0 radical (unpaired) electrons. The van der Waals surface area contributed by atoms with Crippen molar-refractivity contribution in [2.75, 3.05) is 33.5 Å². The molecule has 11 aromatic rings. The average Bonchev–Trinajstić information content (AvgIpc) is 1.59. The maximum absolute atomic E-state index is 12.5. The van der Waals surface area contributed by atoms with Gasteiger partial charge in [0.05, 0.1) is 42.5 Å². The zero-order valence-corrected chi connectivity index (χ0v) is 87.2. The Bertz CT molecular complexity index is 6170. The summed E-state index contributed by atoms with van der Waals surface area (Å²) in [6.07, 6.45) is 24.9. The molecule has 5 amide bonds. The van der Waals surface area contributed by atoms with Crippen LogP contribution in [0.2, 0.25) is 72.5 Å². The lowest BCUT2D eigenvalue weighted by Crippen LogP contribution is -2.41. The number of Topliss-reactive ketones (excluding diaryl/α,β-unsaturated/α-hetero) is 2.